The Morgan fingerprint density at radius 1 is 1.17 bits per heavy atom. The Balaban J connectivity index is 1.72. The third-order valence-electron chi connectivity index (χ3n) is 3.29. The van der Waals surface area contributed by atoms with Gasteiger partial charge in [-0.25, -0.2) is 4.68 Å². The maximum atomic E-state index is 12.1. The van der Waals surface area contributed by atoms with E-state index in [1.54, 1.807) is 36.5 Å². The second-order valence-electron chi connectivity index (χ2n) is 5.16. The third-order valence-corrected chi connectivity index (χ3v) is 4.80. The van der Waals surface area contributed by atoms with Crippen LogP contribution < -0.4 is 0 Å². The van der Waals surface area contributed by atoms with Gasteiger partial charge in [-0.15, -0.1) is 5.10 Å². The van der Waals surface area contributed by atoms with Crippen LogP contribution in [0.1, 0.15) is 11.3 Å². The Labute approximate surface area is 144 Å². The smallest absolute Gasteiger partial charge is 0.260 e. The molecule has 0 unspecified atom stereocenters. The van der Waals surface area contributed by atoms with Gasteiger partial charge in [0, 0.05) is 5.02 Å². The topological polar surface area (TPSA) is 74.1 Å². The van der Waals surface area contributed by atoms with Crippen LogP contribution in [0.2, 0.25) is 5.02 Å². The molecule has 0 amide bonds. The molecule has 0 radical (unpaired) electrons. The number of aromatic nitrogens is 3. The molecule has 3 aromatic rings. The van der Waals surface area contributed by atoms with E-state index in [1.807, 2.05) is 13.0 Å². The minimum atomic E-state index is -3.84. The Hall–Kier alpha value is -2.22. The van der Waals surface area contributed by atoms with Crippen molar-refractivity contribution in [3.63, 3.8) is 0 Å². The first kappa shape index (κ1) is 16.6. The van der Waals surface area contributed by atoms with Crippen LogP contribution in [-0.2, 0) is 20.9 Å². The molecular weight excluding hydrogens is 350 g/mol. The lowest BCUT2D eigenvalue weighted by Gasteiger charge is -2.04. The van der Waals surface area contributed by atoms with Gasteiger partial charge in [0.15, 0.2) is 0 Å². The molecule has 24 heavy (non-hydrogen) atoms. The first-order valence-corrected chi connectivity index (χ1v) is 8.86. The molecule has 1 aromatic heterocycles. The van der Waals surface area contributed by atoms with Crippen molar-refractivity contribution in [2.45, 2.75) is 18.4 Å². The molecule has 0 N–H and O–H groups in total. The molecule has 0 saturated heterocycles. The number of nitrogens with zero attached hydrogens (tertiary/aromatic N) is 3. The quantitative estimate of drug-likeness (QED) is 0.651. The molecule has 0 spiro atoms. The van der Waals surface area contributed by atoms with Gasteiger partial charge < -0.3 is 0 Å². The summed E-state index contributed by atoms with van der Waals surface area (Å²) in [6.45, 7) is 1.68. The van der Waals surface area contributed by atoms with Crippen LogP contribution >= 0.6 is 11.6 Å². The van der Waals surface area contributed by atoms with Crippen LogP contribution in [0.4, 0.5) is 0 Å². The molecule has 0 fully saturated rings. The van der Waals surface area contributed by atoms with E-state index in [9.17, 15) is 8.42 Å². The standard InChI is InChI=1S/C16H14ClN3O3S/c1-12-5-7-16(8-6-12)24(21,22)23-11-14-10-20(19-18-14)15-4-2-3-13(17)9-15/h2-10H,11H2,1H3. The number of benzene rings is 2. The summed E-state index contributed by atoms with van der Waals surface area (Å²) in [5.74, 6) is 0. The summed E-state index contributed by atoms with van der Waals surface area (Å²) in [4.78, 5) is 0.107. The zero-order valence-electron chi connectivity index (χ0n) is 12.8. The van der Waals surface area contributed by atoms with Gasteiger partial charge in [-0.05, 0) is 37.3 Å². The van der Waals surface area contributed by atoms with Gasteiger partial charge in [0.25, 0.3) is 10.1 Å². The number of hydrogen-bond acceptors (Lipinski definition) is 5. The molecule has 0 aliphatic rings. The van der Waals surface area contributed by atoms with Crippen molar-refractivity contribution in [2.75, 3.05) is 0 Å². The molecule has 2 aromatic carbocycles. The average molecular weight is 364 g/mol. The molecule has 0 atom stereocenters. The average Bonchev–Trinajstić information content (AvgIpc) is 3.03. The molecule has 0 aliphatic heterocycles. The van der Waals surface area contributed by atoms with Crippen LogP contribution in [-0.4, -0.2) is 23.4 Å². The SMILES string of the molecule is Cc1ccc(S(=O)(=O)OCc2cn(-c3cccc(Cl)c3)nn2)cc1. The van der Waals surface area contributed by atoms with Crippen LogP contribution in [0, 0.1) is 6.92 Å². The van der Waals surface area contributed by atoms with Crippen molar-refractivity contribution in [3.8, 4) is 5.69 Å². The Morgan fingerprint density at radius 2 is 1.92 bits per heavy atom. The first-order chi connectivity index (χ1) is 11.4. The summed E-state index contributed by atoms with van der Waals surface area (Å²) < 4.78 is 30.8. The summed E-state index contributed by atoms with van der Waals surface area (Å²) in [7, 11) is -3.84. The molecule has 124 valence electrons. The van der Waals surface area contributed by atoms with Crippen molar-refractivity contribution >= 4 is 21.7 Å². The van der Waals surface area contributed by atoms with Crippen LogP contribution in [0.3, 0.4) is 0 Å². The fraction of sp³-hybridized carbons (Fsp3) is 0.125. The van der Waals surface area contributed by atoms with E-state index in [0.29, 0.717) is 10.7 Å². The first-order valence-electron chi connectivity index (χ1n) is 7.07. The Bertz CT molecular complexity index is 953. The second kappa shape index (κ2) is 6.72. The molecule has 0 saturated carbocycles. The molecule has 6 nitrogen and oxygen atoms in total. The minimum Gasteiger partial charge on any atom is -0.260 e. The molecule has 0 bridgehead atoms. The maximum absolute atomic E-state index is 12.1. The van der Waals surface area contributed by atoms with Gasteiger partial charge in [0.1, 0.15) is 12.3 Å². The number of hydrogen-bond donors (Lipinski definition) is 0. The predicted molar refractivity (Wildman–Crippen MR) is 89.5 cm³/mol. The number of aryl methyl sites for hydroxylation is 1. The zero-order valence-corrected chi connectivity index (χ0v) is 14.3. The zero-order chi connectivity index (χ0) is 17.2. The Kier molecular flexibility index (Phi) is 4.66. The largest absolute Gasteiger partial charge is 0.297 e. The lowest BCUT2D eigenvalue weighted by molar-refractivity contribution is 0.303. The van der Waals surface area contributed by atoms with E-state index in [2.05, 4.69) is 10.3 Å². The Morgan fingerprint density at radius 3 is 2.62 bits per heavy atom. The fourth-order valence-electron chi connectivity index (χ4n) is 2.02. The van der Waals surface area contributed by atoms with E-state index >= 15 is 0 Å². The van der Waals surface area contributed by atoms with E-state index in [0.717, 1.165) is 11.3 Å². The number of rotatable bonds is 5. The van der Waals surface area contributed by atoms with E-state index < -0.39 is 10.1 Å². The van der Waals surface area contributed by atoms with E-state index in [4.69, 9.17) is 15.8 Å². The lowest BCUT2D eigenvalue weighted by Crippen LogP contribution is -2.06. The summed E-state index contributed by atoms with van der Waals surface area (Å²) in [5, 5.41) is 8.43. The molecule has 1 heterocycles. The maximum Gasteiger partial charge on any atom is 0.297 e. The van der Waals surface area contributed by atoms with Crippen LogP contribution in [0.5, 0.6) is 0 Å². The monoisotopic (exact) mass is 363 g/mol. The molecule has 8 heteroatoms. The van der Waals surface area contributed by atoms with Crippen molar-refractivity contribution in [1.29, 1.82) is 0 Å². The van der Waals surface area contributed by atoms with Gasteiger partial charge in [-0.2, -0.15) is 8.42 Å². The van der Waals surface area contributed by atoms with Gasteiger partial charge in [-0.3, -0.25) is 4.18 Å². The molecule has 3 rings (SSSR count). The highest BCUT2D eigenvalue weighted by molar-refractivity contribution is 7.86. The van der Waals surface area contributed by atoms with Gasteiger partial charge in [-0.1, -0.05) is 40.6 Å². The van der Waals surface area contributed by atoms with Crippen molar-refractivity contribution in [1.82, 2.24) is 15.0 Å². The van der Waals surface area contributed by atoms with Gasteiger partial charge >= 0.3 is 0 Å². The summed E-state index contributed by atoms with van der Waals surface area (Å²) in [5.41, 5.74) is 2.09. The van der Waals surface area contributed by atoms with E-state index in [-0.39, 0.29) is 11.5 Å². The van der Waals surface area contributed by atoms with E-state index in [1.165, 1.54) is 16.8 Å². The number of halogens is 1. The van der Waals surface area contributed by atoms with Crippen molar-refractivity contribution in [3.05, 3.63) is 71.0 Å². The summed E-state index contributed by atoms with van der Waals surface area (Å²) >= 11 is 5.94. The highest BCUT2D eigenvalue weighted by Crippen LogP contribution is 2.16. The normalized spacial score (nSPS) is 11.6. The summed E-state index contributed by atoms with van der Waals surface area (Å²) in [6, 6.07) is 13.5. The minimum absolute atomic E-state index is 0.107. The second-order valence-corrected chi connectivity index (χ2v) is 7.22. The van der Waals surface area contributed by atoms with Crippen LogP contribution in [0.15, 0.2) is 59.6 Å². The summed E-state index contributed by atoms with van der Waals surface area (Å²) in [6.07, 6.45) is 1.59. The highest BCUT2D eigenvalue weighted by Gasteiger charge is 2.16. The van der Waals surface area contributed by atoms with Gasteiger partial charge in [0.05, 0.1) is 16.8 Å². The molecular formula is C16H14ClN3O3S. The molecule has 0 aliphatic carbocycles. The van der Waals surface area contributed by atoms with Crippen molar-refractivity contribution < 1.29 is 12.6 Å². The van der Waals surface area contributed by atoms with Crippen molar-refractivity contribution in [2.24, 2.45) is 0 Å². The lowest BCUT2D eigenvalue weighted by atomic mass is 10.2. The predicted octanol–water partition coefficient (Wildman–Crippen LogP) is 3.13. The third kappa shape index (κ3) is 3.81. The fourth-order valence-corrected chi connectivity index (χ4v) is 3.09. The highest BCUT2D eigenvalue weighted by atomic mass is 35.5. The van der Waals surface area contributed by atoms with Crippen LogP contribution in [0.25, 0.3) is 5.69 Å². The van der Waals surface area contributed by atoms with Gasteiger partial charge in [0.2, 0.25) is 0 Å².